The van der Waals surface area contributed by atoms with Gasteiger partial charge in [-0.2, -0.15) is 0 Å². The van der Waals surface area contributed by atoms with Gasteiger partial charge in [-0.3, -0.25) is 0 Å². The van der Waals surface area contributed by atoms with E-state index in [9.17, 15) is 0 Å². The predicted molar refractivity (Wildman–Crippen MR) is 90.7 cm³/mol. The molecule has 106 valence electrons. The van der Waals surface area contributed by atoms with Crippen LogP contribution in [-0.4, -0.2) is 4.98 Å². The Morgan fingerprint density at radius 3 is 2.33 bits per heavy atom. The highest BCUT2D eigenvalue weighted by molar-refractivity contribution is 6.30. The van der Waals surface area contributed by atoms with Crippen LogP contribution in [0.15, 0.2) is 42.5 Å². The third kappa shape index (κ3) is 2.86. The summed E-state index contributed by atoms with van der Waals surface area (Å²) in [7, 11) is 0. The van der Waals surface area contributed by atoms with E-state index in [4.69, 9.17) is 16.6 Å². The molecule has 0 saturated carbocycles. The van der Waals surface area contributed by atoms with Crippen molar-refractivity contribution >= 4 is 34.0 Å². The number of benzene rings is 2. The van der Waals surface area contributed by atoms with Crippen molar-refractivity contribution in [1.82, 2.24) is 4.98 Å². The summed E-state index contributed by atoms with van der Waals surface area (Å²) in [6.45, 7) is 6.34. The van der Waals surface area contributed by atoms with Gasteiger partial charge >= 0.3 is 0 Å². The normalized spacial score (nSPS) is 10.9. The fourth-order valence-corrected chi connectivity index (χ4v) is 2.72. The van der Waals surface area contributed by atoms with Gasteiger partial charge in [0.2, 0.25) is 0 Å². The zero-order valence-electron chi connectivity index (χ0n) is 12.4. The van der Waals surface area contributed by atoms with Crippen LogP contribution in [0.2, 0.25) is 5.02 Å². The van der Waals surface area contributed by atoms with Crippen LogP contribution >= 0.6 is 11.6 Å². The Morgan fingerprint density at radius 2 is 1.62 bits per heavy atom. The Bertz CT molecular complexity index is 808. The molecular weight excluding hydrogens is 280 g/mol. The van der Waals surface area contributed by atoms with Crippen molar-refractivity contribution in [2.24, 2.45) is 0 Å². The number of rotatable bonds is 2. The number of nitrogens with zero attached hydrogens (tertiary/aromatic N) is 1. The van der Waals surface area contributed by atoms with Crippen LogP contribution < -0.4 is 5.32 Å². The van der Waals surface area contributed by atoms with E-state index in [2.05, 4.69) is 44.3 Å². The lowest BCUT2D eigenvalue weighted by atomic mass is 10.0. The van der Waals surface area contributed by atoms with Gasteiger partial charge in [-0.15, -0.1) is 0 Å². The molecule has 21 heavy (non-hydrogen) atoms. The van der Waals surface area contributed by atoms with Gasteiger partial charge in [0, 0.05) is 16.1 Å². The maximum absolute atomic E-state index is 5.91. The molecule has 3 heteroatoms. The summed E-state index contributed by atoms with van der Waals surface area (Å²) in [5.41, 5.74) is 5.73. The number of aryl methyl sites for hydroxylation is 3. The lowest BCUT2D eigenvalue weighted by molar-refractivity contribution is 1.30. The average Bonchev–Trinajstić information content (AvgIpc) is 2.43. The van der Waals surface area contributed by atoms with E-state index in [-0.39, 0.29) is 0 Å². The molecule has 3 rings (SSSR count). The zero-order valence-corrected chi connectivity index (χ0v) is 13.1. The van der Waals surface area contributed by atoms with Gasteiger partial charge in [-0.05, 0) is 68.3 Å². The molecule has 0 aliphatic heterocycles. The van der Waals surface area contributed by atoms with Gasteiger partial charge < -0.3 is 5.32 Å². The molecule has 1 aromatic heterocycles. The number of anilines is 2. The molecule has 0 aliphatic carbocycles. The largest absolute Gasteiger partial charge is 0.340 e. The molecule has 0 saturated heterocycles. The number of aromatic nitrogens is 1. The minimum Gasteiger partial charge on any atom is -0.340 e. The molecule has 0 fully saturated rings. The first-order chi connectivity index (χ1) is 10.0. The molecule has 3 aromatic rings. The molecule has 1 heterocycles. The molecule has 0 atom stereocenters. The Labute approximate surface area is 129 Å². The Morgan fingerprint density at radius 1 is 0.905 bits per heavy atom. The van der Waals surface area contributed by atoms with E-state index in [1.807, 2.05) is 24.3 Å². The van der Waals surface area contributed by atoms with E-state index in [0.29, 0.717) is 0 Å². The van der Waals surface area contributed by atoms with E-state index in [1.54, 1.807) is 0 Å². The molecule has 0 bridgehead atoms. The van der Waals surface area contributed by atoms with Crippen LogP contribution in [0.25, 0.3) is 10.9 Å². The highest BCUT2D eigenvalue weighted by atomic mass is 35.5. The second-order valence-corrected chi connectivity index (χ2v) is 5.87. The van der Waals surface area contributed by atoms with Crippen LogP contribution in [0.3, 0.4) is 0 Å². The highest BCUT2D eigenvalue weighted by Gasteiger charge is 2.06. The quantitative estimate of drug-likeness (QED) is 0.670. The minimum atomic E-state index is 0.731. The molecular formula is C18H17ClN2. The van der Waals surface area contributed by atoms with Crippen molar-refractivity contribution in [3.8, 4) is 0 Å². The molecule has 2 aromatic carbocycles. The first-order valence-corrected chi connectivity index (χ1v) is 7.32. The number of hydrogen-bond donors (Lipinski definition) is 1. The van der Waals surface area contributed by atoms with Crippen LogP contribution in [0.5, 0.6) is 0 Å². The maximum atomic E-state index is 5.91. The van der Waals surface area contributed by atoms with Crippen molar-refractivity contribution in [2.45, 2.75) is 20.8 Å². The van der Waals surface area contributed by atoms with Crippen LogP contribution in [-0.2, 0) is 0 Å². The van der Waals surface area contributed by atoms with Gasteiger partial charge in [-0.25, -0.2) is 4.98 Å². The SMILES string of the molecule is Cc1cc(C)c2nc(Nc3ccc(Cl)cc3)cc(C)c2c1. The summed E-state index contributed by atoms with van der Waals surface area (Å²) in [5.74, 6) is 0.856. The van der Waals surface area contributed by atoms with Crippen molar-refractivity contribution in [1.29, 1.82) is 0 Å². The van der Waals surface area contributed by atoms with E-state index in [1.165, 1.54) is 22.1 Å². The predicted octanol–water partition coefficient (Wildman–Crippen LogP) is 5.56. The molecule has 0 spiro atoms. The van der Waals surface area contributed by atoms with Gasteiger partial charge in [-0.1, -0.05) is 23.2 Å². The van der Waals surface area contributed by atoms with Crippen molar-refractivity contribution in [3.05, 3.63) is 64.2 Å². The number of nitrogens with one attached hydrogen (secondary N) is 1. The average molecular weight is 297 g/mol. The molecule has 1 N–H and O–H groups in total. The van der Waals surface area contributed by atoms with Crippen LogP contribution in [0.4, 0.5) is 11.5 Å². The Hall–Kier alpha value is -2.06. The maximum Gasteiger partial charge on any atom is 0.131 e. The first-order valence-electron chi connectivity index (χ1n) is 6.94. The lowest BCUT2D eigenvalue weighted by Gasteiger charge is -2.11. The summed E-state index contributed by atoms with van der Waals surface area (Å²) >= 11 is 5.91. The Balaban J connectivity index is 2.06. The number of halogens is 1. The first kappa shape index (κ1) is 13.9. The molecule has 0 amide bonds. The minimum absolute atomic E-state index is 0.731. The number of pyridine rings is 1. The second-order valence-electron chi connectivity index (χ2n) is 5.43. The summed E-state index contributed by atoms with van der Waals surface area (Å²) in [5, 5.41) is 5.28. The summed E-state index contributed by atoms with van der Waals surface area (Å²) in [4.78, 5) is 4.75. The van der Waals surface area contributed by atoms with Gasteiger partial charge in [0.15, 0.2) is 0 Å². The fourth-order valence-electron chi connectivity index (χ4n) is 2.59. The zero-order chi connectivity index (χ0) is 15.0. The van der Waals surface area contributed by atoms with E-state index in [0.717, 1.165) is 22.0 Å². The van der Waals surface area contributed by atoms with Crippen LogP contribution in [0, 0.1) is 20.8 Å². The van der Waals surface area contributed by atoms with Crippen molar-refractivity contribution < 1.29 is 0 Å². The third-order valence-corrected chi connectivity index (χ3v) is 3.82. The molecule has 0 radical (unpaired) electrons. The summed E-state index contributed by atoms with van der Waals surface area (Å²) in [6.07, 6.45) is 0. The Kier molecular flexibility index (Phi) is 3.56. The van der Waals surface area contributed by atoms with Crippen LogP contribution in [0.1, 0.15) is 16.7 Å². The second kappa shape index (κ2) is 5.38. The fraction of sp³-hybridized carbons (Fsp3) is 0.167. The molecule has 2 nitrogen and oxygen atoms in total. The third-order valence-electron chi connectivity index (χ3n) is 3.57. The van der Waals surface area contributed by atoms with Gasteiger partial charge in [0.05, 0.1) is 5.52 Å². The van der Waals surface area contributed by atoms with E-state index < -0.39 is 0 Å². The van der Waals surface area contributed by atoms with Crippen molar-refractivity contribution in [3.63, 3.8) is 0 Å². The number of hydrogen-bond acceptors (Lipinski definition) is 2. The molecule has 0 unspecified atom stereocenters. The van der Waals surface area contributed by atoms with Gasteiger partial charge in [0.25, 0.3) is 0 Å². The lowest BCUT2D eigenvalue weighted by Crippen LogP contribution is -1.97. The standard InChI is InChI=1S/C18H17ClN2/c1-11-8-13(3)18-16(9-11)12(2)10-17(21-18)20-15-6-4-14(19)5-7-15/h4-10H,1-3H3,(H,20,21). The van der Waals surface area contributed by atoms with Crippen molar-refractivity contribution in [2.75, 3.05) is 5.32 Å². The highest BCUT2D eigenvalue weighted by Crippen LogP contribution is 2.26. The summed E-state index contributed by atoms with van der Waals surface area (Å²) < 4.78 is 0. The number of fused-ring (bicyclic) bond motifs is 1. The van der Waals surface area contributed by atoms with E-state index >= 15 is 0 Å². The molecule has 0 aliphatic rings. The smallest absolute Gasteiger partial charge is 0.131 e. The topological polar surface area (TPSA) is 24.9 Å². The summed E-state index contributed by atoms with van der Waals surface area (Å²) in [6, 6.07) is 14.1. The monoisotopic (exact) mass is 296 g/mol. The van der Waals surface area contributed by atoms with Gasteiger partial charge in [0.1, 0.15) is 5.82 Å².